The number of carboxylic acid groups (broad SMARTS) is 1. The third kappa shape index (κ3) is 9.58. The van der Waals surface area contributed by atoms with Crippen LogP contribution in [0.1, 0.15) is 20.7 Å². The van der Waals surface area contributed by atoms with E-state index in [-0.39, 0.29) is 28.7 Å². The van der Waals surface area contributed by atoms with Crippen LogP contribution in [-0.4, -0.2) is 119 Å². The van der Waals surface area contributed by atoms with Crippen LogP contribution in [-0.2, 0) is 4.79 Å². The fraction of sp³-hybridized carbons (Fsp3) is 0.526. The van der Waals surface area contributed by atoms with E-state index >= 15 is 0 Å². The predicted octanol–water partition coefficient (Wildman–Crippen LogP) is -2.36. The van der Waals surface area contributed by atoms with Crippen LogP contribution in [0.2, 0.25) is 0 Å². The molecule has 0 aliphatic rings. The predicted molar refractivity (Wildman–Crippen MR) is 151 cm³/mol. The molecule has 10 N–H and O–H groups in total. The summed E-state index contributed by atoms with van der Waals surface area (Å²) < 4.78 is 6.67. The zero-order chi connectivity index (χ0) is 28.3. The van der Waals surface area contributed by atoms with E-state index in [2.05, 4.69) is 16.0 Å². The summed E-state index contributed by atoms with van der Waals surface area (Å²) in [6.45, 7) is -1.31. The minimum atomic E-state index is -1.75. The number of ether oxygens (including phenoxy) is 1. The van der Waals surface area contributed by atoms with Crippen molar-refractivity contribution in [2.24, 2.45) is 0 Å². The number of aliphatic carboxylic acids is 1. The summed E-state index contributed by atoms with van der Waals surface area (Å²) in [5.74, 6) is -1.69. The van der Waals surface area contributed by atoms with Crippen molar-refractivity contribution >= 4 is 85.6 Å². The highest BCUT2D eigenvalue weighted by Crippen LogP contribution is 2.37. The molecule has 5 atom stereocenters. The van der Waals surface area contributed by atoms with E-state index in [9.17, 15) is 24.6 Å². The van der Waals surface area contributed by atoms with Crippen LogP contribution < -0.4 is 20.7 Å². The summed E-state index contributed by atoms with van der Waals surface area (Å²) in [6.07, 6.45) is -8.12. The molecule has 14 nitrogen and oxygen atoms in total. The summed E-state index contributed by atoms with van der Waals surface area (Å²) in [5, 5.41) is 70.0. The second-order valence-electron chi connectivity index (χ2n) is 6.82. The first kappa shape index (κ1) is 35.3. The largest absolute Gasteiger partial charge is 0.480 e. The highest BCUT2D eigenvalue weighted by molar-refractivity contribution is 14.1. The standard InChI is InChI=1S/C12H11I3N2O5.C7H17NO6/c1-16-11(20)5-7(13)6(12(21)17-2)9(15)10(8(5)14)22-3-4(18)19;1-8-7(14)6(13)5(12)4(11)3(10)2-9/h3H2,1-2H3,(H,16,20)(H,17,21)(H,18,19);3-14H,2H2,1H3/t;3-,4-,5+,6-,7?/m.1/s1. The number of rotatable bonds is 11. The minimum absolute atomic E-state index is 0.209. The maximum Gasteiger partial charge on any atom is 0.341 e. The van der Waals surface area contributed by atoms with Gasteiger partial charge in [0.25, 0.3) is 11.8 Å². The van der Waals surface area contributed by atoms with Crippen molar-refractivity contribution < 1.29 is 54.9 Å². The van der Waals surface area contributed by atoms with Gasteiger partial charge >= 0.3 is 5.97 Å². The molecule has 1 aromatic carbocycles. The van der Waals surface area contributed by atoms with Crippen molar-refractivity contribution in [1.82, 2.24) is 16.0 Å². The van der Waals surface area contributed by atoms with Crippen LogP contribution >= 0.6 is 67.8 Å². The van der Waals surface area contributed by atoms with Crippen molar-refractivity contribution in [2.45, 2.75) is 30.6 Å². The van der Waals surface area contributed by atoms with E-state index in [1.165, 1.54) is 21.1 Å². The topological polar surface area (TPSA) is 238 Å². The van der Waals surface area contributed by atoms with Gasteiger partial charge in [-0.1, -0.05) is 0 Å². The highest BCUT2D eigenvalue weighted by Gasteiger charge is 2.33. The van der Waals surface area contributed by atoms with Crippen LogP contribution in [0.4, 0.5) is 0 Å². The summed E-state index contributed by atoms with van der Waals surface area (Å²) in [5.41, 5.74) is 0.561. The number of amides is 2. The Hall–Kier alpha value is -0.660. The molecular formula is C19H28I3N3O11. The number of aliphatic hydroxyl groups excluding tert-OH is 6. The van der Waals surface area contributed by atoms with Gasteiger partial charge in [0, 0.05) is 17.7 Å². The normalized spacial score (nSPS) is 14.9. The van der Waals surface area contributed by atoms with Gasteiger partial charge in [-0.15, -0.1) is 0 Å². The van der Waals surface area contributed by atoms with E-state index in [0.29, 0.717) is 10.7 Å². The molecule has 36 heavy (non-hydrogen) atoms. The number of hydrogen-bond donors (Lipinski definition) is 10. The second kappa shape index (κ2) is 17.0. The number of carbonyl (C=O) groups excluding carboxylic acids is 2. The molecule has 0 bridgehead atoms. The molecule has 206 valence electrons. The Labute approximate surface area is 247 Å². The van der Waals surface area contributed by atoms with Crippen molar-refractivity contribution in [3.8, 4) is 5.75 Å². The van der Waals surface area contributed by atoms with Gasteiger partial charge in [0.05, 0.1) is 24.9 Å². The molecule has 1 aromatic rings. The fourth-order valence-electron chi connectivity index (χ4n) is 2.45. The van der Waals surface area contributed by atoms with Gasteiger partial charge in [0.1, 0.15) is 36.4 Å². The molecule has 0 aromatic heterocycles. The van der Waals surface area contributed by atoms with Crippen LogP contribution in [0.15, 0.2) is 0 Å². The Bertz CT molecular complexity index is 863. The molecule has 17 heteroatoms. The third-order valence-electron chi connectivity index (χ3n) is 4.43. The Morgan fingerprint density at radius 1 is 0.806 bits per heavy atom. The molecule has 2 amide bonds. The number of nitrogens with one attached hydrogen (secondary N) is 3. The highest BCUT2D eigenvalue weighted by atomic mass is 127. The van der Waals surface area contributed by atoms with Gasteiger partial charge in [0.15, 0.2) is 6.61 Å². The minimum Gasteiger partial charge on any atom is -0.480 e. The smallest absolute Gasteiger partial charge is 0.341 e. The van der Waals surface area contributed by atoms with Gasteiger partial charge in [-0.05, 0) is 74.8 Å². The number of carbonyl (C=O) groups is 3. The number of aliphatic hydroxyl groups is 6. The molecule has 0 aliphatic heterocycles. The van der Waals surface area contributed by atoms with Crippen LogP contribution in [0.3, 0.4) is 0 Å². The third-order valence-corrected chi connectivity index (χ3v) is 7.56. The van der Waals surface area contributed by atoms with Crippen molar-refractivity contribution in [2.75, 3.05) is 34.4 Å². The van der Waals surface area contributed by atoms with E-state index in [1.807, 2.05) is 67.8 Å². The first-order chi connectivity index (χ1) is 16.7. The summed E-state index contributed by atoms with van der Waals surface area (Å²) in [6, 6.07) is 0. The zero-order valence-corrected chi connectivity index (χ0v) is 25.7. The SMILES string of the molecule is CNC(=O)c1c(I)c(OCC(=O)O)c(I)c(C(=O)NC)c1I.CNC(O)[C@H](O)[C@@H](O)[C@H](O)[C@H](O)CO. The summed E-state index contributed by atoms with van der Waals surface area (Å²) >= 11 is 5.74. The van der Waals surface area contributed by atoms with E-state index in [1.54, 1.807) is 0 Å². The van der Waals surface area contributed by atoms with Crippen LogP contribution in [0, 0.1) is 10.7 Å². The lowest BCUT2D eigenvalue weighted by Gasteiger charge is -2.28. The van der Waals surface area contributed by atoms with E-state index < -0.39 is 49.8 Å². The maximum absolute atomic E-state index is 12.1. The van der Waals surface area contributed by atoms with Gasteiger partial charge in [0.2, 0.25) is 0 Å². The average molecular weight is 855 g/mol. The fourth-order valence-corrected chi connectivity index (χ4v) is 6.90. The number of hydrogen-bond acceptors (Lipinski definition) is 11. The number of likely N-dealkylation sites (N-methyl/N-ethyl adjacent to an activating group) is 1. The van der Waals surface area contributed by atoms with E-state index in [4.69, 9.17) is 30.3 Å². The number of carboxylic acids is 1. The second-order valence-corrected chi connectivity index (χ2v) is 10.1. The Morgan fingerprint density at radius 3 is 1.58 bits per heavy atom. The molecule has 0 saturated heterocycles. The van der Waals surface area contributed by atoms with Crippen molar-refractivity contribution in [3.63, 3.8) is 0 Å². The summed E-state index contributed by atoms with van der Waals surface area (Å²) in [4.78, 5) is 34.9. The zero-order valence-electron chi connectivity index (χ0n) is 19.2. The van der Waals surface area contributed by atoms with Gasteiger partial charge < -0.3 is 51.1 Å². The first-order valence-corrected chi connectivity index (χ1v) is 13.1. The Morgan fingerprint density at radius 2 is 1.25 bits per heavy atom. The molecule has 0 aliphatic carbocycles. The lowest BCUT2D eigenvalue weighted by molar-refractivity contribution is -0.144. The van der Waals surface area contributed by atoms with Crippen molar-refractivity contribution in [3.05, 3.63) is 21.8 Å². The Balaban J connectivity index is 0.000000757. The molecule has 1 unspecified atom stereocenters. The average Bonchev–Trinajstić information content (AvgIpc) is 2.85. The monoisotopic (exact) mass is 855 g/mol. The van der Waals surface area contributed by atoms with Gasteiger partial charge in [-0.25, -0.2) is 4.79 Å². The van der Waals surface area contributed by atoms with Crippen LogP contribution in [0.5, 0.6) is 5.75 Å². The van der Waals surface area contributed by atoms with Crippen LogP contribution in [0.25, 0.3) is 0 Å². The molecular weight excluding hydrogens is 827 g/mol. The lowest BCUT2D eigenvalue weighted by Crippen LogP contribution is -2.53. The summed E-state index contributed by atoms with van der Waals surface area (Å²) in [7, 11) is 4.29. The Kier molecular flexibility index (Phi) is 16.7. The van der Waals surface area contributed by atoms with Gasteiger partial charge in [-0.2, -0.15) is 0 Å². The van der Waals surface area contributed by atoms with Crippen molar-refractivity contribution in [1.29, 1.82) is 0 Å². The number of benzene rings is 1. The first-order valence-electron chi connectivity index (χ1n) is 9.89. The molecule has 1 rings (SSSR count). The molecule has 0 fully saturated rings. The molecule has 0 saturated carbocycles. The molecule has 0 spiro atoms. The number of halogens is 3. The van der Waals surface area contributed by atoms with E-state index in [0.717, 1.165) is 0 Å². The maximum atomic E-state index is 12.1. The quantitative estimate of drug-likeness (QED) is 0.0832. The molecule has 0 radical (unpaired) electrons. The van der Waals surface area contributed by atoms with Gasteiger partial charge in [-0.3, -0.25) is 14.9 Å². The lowest BCUT2D eigenvalue weighted by atomic mass is 10.0. The molecule has 0 heterocycles.